The van der Waals surface area contributed by atoms with Crippen LogP contribution < -0.4 is 10.6 Å². The van der Waals surface area contributed by atoms with Gasteiger partial charge in [0, 0.05) is 42.4 Å². The predicted molar refractivity (Wildman–Crippen MR) is 101 cm³/mol. The molecule has 27 heavy (non-hydrogen) atoms. The Labute approximate surface area is 161 Å². The zero-order valence-corrected chi connectivity index (χ0v) is 16.3. The molecule has 2 saturated heterocycles. The molecule has 9 heteroatoms. The normalized spacial score (nSPS) is 19.3. The van der Waals surface area contributed by atoms with Gasteiger partial charge in [-0.3, -0.25) is 9.59 Å². The summed E-state index contributed by atoms with van der Waals surface area (Å²) in [4.78, 5) is 32.3. The van der Waals surface area contributed by atoms with E-state index < -0.39 is 5.91 Å². The average Bonchev–Trinajstić information content (AvgIpc) is 3.31. The number of amides is 2. The van der Waals surface area contributed by atoms with E-state index >= 15 is 0 Å². The van der Waals surface area contributed by atoms with Gasteiger partial charge in [-0.25, -0.2) is 4.98 Å². The van der Waals surface area contributed by atoms with Gasteiger partial charge in [0.15, 0.2) is 5.13 Å². The number of hydrogen-bond acceptors (Lipinski definition) is 7. The monoisotopic (exact) mass is 389 g/mol. The molecule has 0 atom stereocenters. The van der Waals surface area contributed by atoms with Crippen molar-refractivity contribution in [1.82, 2.24) is 15.0 Å². The first-order chi connectivity index (χ1) is 12.9. The highest BCUT2D eigenvalue weighted by molar-refractivity contribution is 7.13. The number of anilines is 1. The van der Waals surface area contributed by atoms with Gasteiger partial charge < -0.3 is 20.1 Å². The summed E-state index contributed by atoms with van der Waals surface area (Å²) in [5.41, 5.74) is 7.50. The topological polar surface area (TPSA) is 106 Å². The summed E-state index contributed by atoms with van der Waals surface area (Å²) in [6.45, 7) is 6.80. The maximum atomic E-state index is 12.6. The third-order valence-corrected chi connectivity index (χ3v) is 6.68. The van der Waals surface area contributed by atoms with E-state index in [9.17, 15) is 9.59 Å². The molecule has 0 bridgehead atoms. The standard InChI is InChI=1S/C18H23N5O3S/c1-11-13(12(2)26-21-11)8-23-10-18(7-15(23)24)3-5-22(6-4-18)17-20-14(9-27-17)16(19)25/h9H,3-8,10H2,1-2H3,(H2,19,25). The Morgan fingerprint density at radius 3 is 2.70 bits per heavy atom. The van der Waals surface area contributed by atoms with E-state index in [-0.39, 0.29) is 11.3 Å². The molecule has 2 amide bonds. The maximum Gasteiger partial charge on any atom is 0.268 e. The quantitative estimate of drug-likeness (QED) is 0.856. The first-order valence-electron chi connectivity index (χ1n) is 9.07. The molecule has 8 nitrogen and oxygen atoms in total. The Hall–Kier alpha value is -2.42. The molecule has 144 valence electrons. The summed E-state index contributed by atoms with van der Waals surface area (Å²) in [5, 5.41) is 6.52. The van der Waals surface area contributed by atoms with Crippen molar-refractivity contribution in [3.05, 3.63) is 28.1 Å². The van der Waals surface area contributed by atoms with Crippen molar-refractivity contribution in [3.8, 4) is 0 Å². The number of piperidine rings is 1. The van der Waals surface area contributed by atoms with Crippen LogP contribution in [-0.2, 0) is 11.3 Å². The zero-order valence-electron chi connectivity index (χ0n) is 15.5. The van der Waals surface area contributed by atoms with Crippen LogP contribution in [-0.4, -0.2) is 46.5 Å². The Morgan fingerprint density at radius 1 is 1.37 bits per heavy atom. The van der Waals surface area contributed by atoms with Gasteiger partial charge in [0.05, 0.1) is 12.2 Å². The Morgan fingerprint density at radius 2 is 2.11 bits per heavy atom. The van der Waals surface area contributed by atoms with Crippen molar-refractivity contribution in [2.45, 2.75) is 39.7 Å². The second-order valence-electron chi connectivity index (χ2n) is 7.60. The van der Waals surface area contributed by atoms with Gasteiger partial charge in [-0.1, -0.05) is 5.16 Å². The van der Waals surface area contributed by atoms with E-state index in [1.807, 2.05) is 18.7 Å². The lowest BCUT2D eigenvalue weighted by Crippen LogP contribution is -2.41. The van der Waals surface area contributed by atoms with E-state index in [1.54, 1.807) is 5.38 Å². The van der Waals surface area contributed by atoms with E-state index in [0.717, 1.165) is 54.6 Å². The minimum Gasteiger partial charge on any atom is -0.364 e. The molecule has 0 aromatic carbocycles. The lowest BCUT2D eigenvalue weighted by molar-refractivity contribution is -0.128. The number of nitrogens with zero attached hydrogens (tertiary/aromatic N) is 4. The van der Waals surface area contributed by atoms with Gasteiger partial charge in [-0.15, -0.1) is 11.3 Å². The lowest BCUT2D eigenvalue weighted by Gasteiger charge is -2.38. The van der Waals surface area contributed by atoms with Gasteiger partial charge in [-0.2, -0.15) is 0 Å². The molecule has 4 rings (SSSR count). The summed E-state index contributed by atoms with van der Waals surface area (Å²) in [6, 6.07) is 0. The number of carbonyl (C=O) groups is 2. The predicted octanol–water partition coefficient (Wildman–Crippen LogP) is 1.87. The molecule has 0 unspecified atom stereocenters. The zero-order chi connectivity index (χ0) is 19.2. The number of rotatable bonds is 4. The minimum absolute atomic E-state index is 0.0241. The number of hydrogen-bond donors (Lipinski definition) is 1. The van der Waals surface area contributed by atoms with E-state index in [1.165, 1.54) is 11.3 Å². The fraction of sp³-hybridized carbons (Fsp3) is 0.556. The average molecular weight is 389 g/mol. The first kappa shape index (κ1) is 18.0. The van der Waals surface area contributed by atoms with Crippen molar-refractivity contribution in [2.75, 3.05) is 24.5 Å². The molecule has 0 radical (unpaired) electrons. The van der Waals surface area contributed by atoms with Crippen molar-refractivity contribution >= 4 is 28.3 Å². The van der Waals surface area contributed by atoms with Gasteiger partial charge in [0.2, 0.25) is 5.91 Å². The van der Waals surface area contributed by atoms with Crippen LogP contribution in [0.4, 0.5) is 5.13 Å². The van der Waals surface area contributed by atoms with Crippen molar-refractivity contribution in [2.24, 2.45) is 11.1 Å². The third-order valence-electron chi connectivity index (χ3n) is 5.77. The van der Waals surface area contributed by atoms with Crippen LogP contribution in [0.15, 0.2) is 9.90 Å². The number of aromatic nitrogens is 2. The SMILES string of the molecule is Cc1noc(C)c1CN1CC2(CCN(c3nc(C(N)=O)cs3)CC2)CC1=O. The summed E-state index contributed by atoms with van der Waals surface area (Å²) < 4.78 is 5.23. The first-order valence-corrected chi connectivity index (χ1v) is 9.95. The largest absolute Gasteiger partial charge is 0.364 e. The number of primary amides is 1. The fourth-order valence-corrected chi connectivity index (χ4v) is 4.94. The van der Waals surface area contributed by atoms with Crippen LogP contribution in [0.5, 0.6) is 0 Å². The smallest absolute Gasteiger partial charge is 0.268 e. The van der Waals surface area contributed by atoms with E-state index in [4.69, 9.17) is 10.3 Å². The van der Waals surface area contributed by atoms with Gasteiger partial charge in [0.25, 0.3) is 5.91 Å². The molecule has 4 heterocycles. The van der Waals surface area contributed by atoms with Gasteiger partial charge in [0.1, 0.15) is 11.5 Å². The maximum absolute atomic E-state index is 12.6. The molecule has 2 N–H and O–H groups in total. The Bertz CT molecular complexity index is 862. The molecule has 0 aliphatic carbocycles. The van der Waals surface area contributed by atoms with Gasteiger partial charge >= 0.3 is 0 Å². The molecular weight excluding hydrogens is 366 g/mol. The Balaban J connectivity index is 1.41. The highest BCUT2D eigenvalue weighted by Crippen LogP contribution is 2.42. The minimum atomic E-state index is -0.498. The number of likely N-dealkylation sites (tertiary alicyclic amines) is 1. The second-order valence-corrected chi connectivity index (χ2v) is 8.43. The number of aryl methyl sites for hydroxylation is 2. The summed E-state index contributed by atoms with van der Waals surface area (Å²) in [6.07, 6.45) is 2.46. The highest BCUT2D eigenvalue weighted by atomic mass is 32.1. The Kier molecular flexibility index (Phi) is 4.41. The molecular formula is C18H23N5O3S. The van der Waals surface area contributed by atoms with E-state index in [2.05, 4.69) is 15.0 Å². The van der Waals surface area contributed by atoms with Crippen molar-refractivity contribution < 1.29 is 14.1 Å². The molecule has 2 aliphatic rings. The van der Waals surface area contributed by atoms with Crippen LogP contribution in [0.1, 0.15) is 46.8 Å². The molecule has 2 aromatic heterocycles. The molecule has 1 spiro atoms. The lowest BCUT2D eigenvalue weighted by atomic mass is 9.78. The van der Waals surface area contributed by atoms with Crippen molar-refractivity contribution in [3.63, 3.8) is 0 Å². The molecule has 0 saturated carbocycles. The van der Waals surface area contributed by atoms with E-state index in [0.29, 0.717) is 18.7 Å². The third kappa shape index (κ3) is 3.31. The van der Waals surface area contributed by atoms with Crippen LogP contribution in [0, 0.1) is 19.3 Å². The van der Waals surface area contributed by atoms with Crippen molar-refractivity contribution in [1.29, 1.82) is 0 Å². The number of carbonyl (C=O) groups excluding carboxylic acids is 2. The molecule has 2 aromatic rings. The molecule has 2 fully saturated rings. The van der Waals surface area contributed by atoms with Gasteiger partial charge in [-0.05, 0) is 26.7 Å². The van der Waals surface area contributed by atoms with Crippen LogP contribution in [0.2, 0.25) is 0 Å². The summed E-state index contributed by atoms with van der Waals surface area (Å²) >= 11 is 1.44. The summed E-state index contributed by atoms with van der Waals surface area (Å²) in [7, 11) is 0. The fourth-order valence-electron chi connectivity index (χ4n) is 4.07. The van der Waals surface area contributed by atoms with Crippen LogP contribution in [0.25, 0.3) is 0 Å². The molecule has 2 aliphatic heterocycles. The highest BCUT2D eigenvalue weighted by Gasteiger charge is 2.45. The van der Waals surface area contributed by atoms with Crippen LogP contribution >= 0.6 is 11.3 Å². The second kappa shape index (κ2) is 6.63. The number of nitrogens with two attached hydrogens (primary N) is 1. The van der Waals surface area contributed by atoms with Crippen LogP contribution in [0.3, 0.4) is 0 Å². The number of thiazole rings is 1. The summed E-state index contributed by atoms with van der Waals surface area (Å²) in [5.74, 6) is 0.487.